The molecule has 32 heavy (non-hydrogen) atoms. The van der Waals surface area contributed by atoms with Crippen molar-refractivity contribution in [3.8, 4) is 17.2 Å². The van der Waals surface area contributed by atoms with Gasteiger partial charge in [-0.15, -0.1) is 0 Å². The van der Waals surface area contributed by atoms with Crippen molar-refractivity contribution in [1.29, 1.82) is 0 Å². The Balaban J connectivity index is 1.93. The van der Waals surface area contributed by atoms with Gasteiger partial charge in [-0.2, -0.15) is 16.8 Å². The minimum atomic E-state index is -4.32. The maximum absolute atomic E-state index is 12.5. The minimum Gasteiger partial charge on any atom is -0.740 e. The molecule has 3 aromatic rings. The number of hydrogen-bond donors (Lipinski definition) is 0. The summed E-state index contributed by atoms with van der Waals surface area (Å²) in [4.78, 5) is -0.292. The van der Waals surface area contributed by atoms with Crippen LogP contribution in [0.4, 0.5) is 0 Å². The van der Waals surface area contributed by atoms with Gasteiger partial charge >= 0.3 is 20.2 Å². The zero-order chi connectivity index (χ0) is 23.5. The number of benzene rings is 3. The number of rotatable bonds is 8. The van der Waals surface area contributed by atoms with E-state index in [0.29, 0.717) is 0 Å². The van der Waals surface area contributed by atoms with Crippen LogP contribution in [0.5, 0.6) is 17.2 Å². The maximum Gasteiger partial charge on any atom is 0.339 e. The van der Waals surface area contributed by atoms with Gasteiger partial charge in [0.15, 0.2) is 11.5 Å². The fraction of sp³-hybridized carbons (Fsp3) is 0.100. The van der Waals surface area contributed by atoms with Gasteiger partial charge in [0.05, 0.1) is 0 Å². The van der Waals surface area contributed by atoms with Gasteiger partial charge in [0.2, 0.25) is 0 Å². The smallest absolute Gasteiger partial charge is 0.339 e. The second kappa shape index (κ2) is 9.28. The van der Waals surface area contributed by atoms with Gasteiger partial charge in [0.1, 0.15) is 26.9 Å². The van der Waals surface area contributed by atoms with Gasteiger partial charge in [-0.25, -0.2) is 4.21 Å². The van der Waals surface area contributed by atoms with Crippen molar-refractivity contribution in [1.82, 2.24) is 0 Å². The second-order valence-corrected chi connectivity index (χ2v) is 10.3. The van der Waals surface area contributed by atoms with Crippen LogP contribution in [-0.2, 0) is 31.6 Å². The monoisotopic (exact) mass is 497 g/mol. The minimum absolute atomic E-state index is 0.125. The predicted octanol–water partition coefficient (Wildman–Crippen LogP) is 3.01. The van der Waals surface area contributed by atoms with Crippen LogP contribution in [0.15, 0.2) is 76.5 Å². The Bertz CT molecular complexity index is 1350. The first-order valence-electron chi connectivity index (χ1n) is 8.90. The van der Waals surface area contributed by atoms with Crippen LogP contribution in [0.25, 0.3) is 0 Å². The SMILES string of the molecule is Cc1ccc(S(=O)(=O)Oc2ccc(OS(=O)(=O)c3ccc(C)cc3)c(OS(=O)[O-])c2)cc1. The molecule has 0 amide bonds. The summed E-state index contributed by atoms with van der Waals surface area (Å²) in [6, 6.07) is 14.6. The topological polar surface area (TPSA) is 136 Å². The van der Waals surface area contributed by atoms with E-state index in [1.165, 1.54) is 24.3 Å². The van der Waals surface area contributed by atoms with Crippen molar-refractivity contribution >= 4 is 31.6 Å². The van der Waals surface area contributed by atoms with Crippen molar-refractivity contribution in [2.24, 2.45) is 0 Å². The Morgan fingerprint density at radius 1 is 0.688 bits per heavy atom. The second-order valence-electron chi connectivity index (χ2n) is 6.60. The molecule has 0 fully saturated rings. The van der Waals surface area contributed by atoms with Crippen LogP contribution in [0, 0.1) is 13.8 Å². The van der Waals surface area contributed by atoms with Crippen molar-refractivity contribution in [2.45, 2.75) is 23.6 Å². The van der Waals surface area contributed by atoms with E-state index in [4.69, 9.17) is 8.37 Å². The summed E-state index contributed by atoms with van der Waals surface area (Å²) in [5.41, 5.74) is 1.67. The molecule has 3 rings (SSSR count). The van der Waals surface area contributed by atoms with Crippen LogP contribution < -0.4 is 12.5 Å². The zero-order valence-electron chi connectivity index (χ0n) is 16.7. The summed E-state index contributed by atoms with van der Waals surface area (Å²) < 4.78 is 86.7. The Morgan fingerprint density at radius 3 is 1.62 bits per heavy atom. The molecule has 0 spiro atoms. The molecule has 0 aliphatic carbocycles. The maximum atomic E-state index is 12.5. The molecule has 0 aliphatic rings. The summed E-state index contributed by atoms with van der Waals surface area (Å²) in [6.07, 6.45) is 0. The molecule has 1 unspecified atom stereocenters. The fourth-order valence-corrected chi connectivity index (χ4v) is 4.64. The summed E-state index contributed by atoms with van der Waals surface area (Å²) in [5, 5.41) is 0. The highest BCUT2D eigenvalue weighted by molar-refractivity contribution is 7.87. The highest BCUT2D eigenvalue weighted by Crippen LogP contribution is 2.35. The van der Waals surface area contributed by atoms with Gasteiger partial charge in [-0.3, -0.25) is 0 Å². The summed E-state index contributed by atoms with van der Waals surface area (Å²) >= 11 is -3.10. The third-order valence-corrected chi connectivity index (χ3v) is 6.92. The van der Waals surface area contributed by atoms with Crippen LogP contribution >= 0.6 is 0 Å². The molecule has 1 atom stereocenters. The molecule has 0 radical (unpaired) electrons. The van der Waals surface area contributed by atoms with Crippen LogP contribution in [0.2, 0.25) is 0 Å². The Labute approximate surface area is 188 Å². The highest BCUT2D eigenvalue weighted by atomic mass is 32.2. The first kappa shape index (κ1) is 23.7. The molecular formula is C20H17O9S3-. The van der Waals surface area contributed by atoms with E-state index in [1.807, 2.05) is 0 Å². The van der Waals surface area contributed by atoms with Gasteiger partial charge in [-0.05, 0) is 50.2 Å². The normalized spacial score (nSPS) is 12.7. The van der Waals surface area contributed by atoms with E-state index in [2.05, 4.69) is 4.18 Å². The van der Waals surface area contributed by atoms with Crippen molar-refractivity contribution in [3.05, 3.63) is 77.9 Å². The molecule has 12 heteroatoms. The average molecular weight is 498 g/mol. The van der Waals surface area contributed by atoms with E-state index < -0.39 is 43.1 Å². The first-order valence-corrected chi connectivity index (χ1v) is 12.7. The summed E-state index contributed by atoms with van der Waals surface area (Å²) in [5.74, 6) is -1.37. The molecule has 0 aromatic heterocycles. The molecule has 0 bridgehead atoms. The quantitative estimate of drug-likeness (QED) is 0.340. The molecule has 0 aliphatic heterocycles. The van der Waals surface area contributed by atoms with E-state index in [-0.39, 0.29) is 15.5 Å². The molecule has 170 valence electrons. The Hall–Kier alpha value is -2.93. The summed E-state index contributed by atoms with van der Waals surface area (Å²) in [6.45, 7) is 3.56. The molecule has 9 nitrogen and oxygen atoms in total. The lowest BCUT2D eigenvalue weighted by Crippen LogP contribution is -2.12. The first-order chi connectivity index (χ1) is 15.0. The highest BCUT2D eigenvalue weighted by Gasteiger charge is 2.22. The lowest BCUT2D eigenvalue weighted by Gasteiger charge is -2.15. The van der Waals surface area contributed by atoms with Gasteiger partial charge in [0.25, 0.3) is 0 Å². The fourth-order valence-electron chi connectivity index (χ4n) is 2.50. The van der Waals surface area contributed by atoms with E-state index in [0.717, 1.165) is 29.3 Å². The zero-order valence-corrected chi connectivity index (χ0v) is 19.2. The third kappa shape index (κ3) is 5.85. The lowest BCUT2D eigenvalue weighted by molar-refractivity contribution is 0.421. The summed E-state index contributed by atoms with van der Waals surface area (Å²) in [7, 11) is -8.56. The predicted molar refractivity (Wildman–Crippen MR) is 114 cm³/mol. The van der Waals surface area contributed by atoms with E-state index >= 15 is 0 Å². The van der Waals surface area contributed by atoms with Gasteiger partial charge < -0.3 is 17.1 Å². The molecule has 0 N–H and O–H groups in total. The molecular weight excluding hydrogens is 480 g/mol. The van der Waals surface area contributed by atoms with Crippen LogP contribution in [0.1, 0.15) is 11.1 Å². The largest absolute Gasteiger partial charge is 0.740 e. The van der Waals surface area contributed by atoms with E-state index in [9.17, 15) is 25.6 Å². The van der Waals surface area contributed by atoms with Gasteiger partial charge in [0, 0.05) is 6.07 Å². The molecule has 0 saturated carbocycles. The van der Waals surface area contributed by atoms with Crippen LogP contribution in [0.3, 0.4) is 0 Å². The van der Waals surface area contributed by atoms with Crippen molar-refractivity contribution < 1.29 is 38.1 Å². The Morgan fingerprint density at radius 2 is 1.16 bits per heavy atom. The molecule has 0 saturated heterocycles. The number of hydrogen-bond acceptors (Lipinski definition) is 9. The number of aryl methyl sites for hydroxylation is 2. The lowest BCUT2D eigenvalue weighted by atomic mass is 10.2. The Kier molecular flexibility index (Phi) is 6.88. The van der Waals surface area contributed by atoms with Crippen molar-refractivity contribution in [3.63, 3.8) is 0 Å². The van der Waals surface area contributed by atoms with Crippen molar-refractivity contribution in [2.75, 3.05) is 0 Å². The standard InChI is InChI=1S/C20H18O9S3/c1-14-3-8-17(9-4-14)31(23,24)28-16-7-12-19(20(13-16)27-30(21)22)29-32(25,26)18-10-5-15(2)6-11-18/h3-13H,1-2H3,(H,21,22)/p-1. The average Bonchev–Trinajstić information content (AvgIpc) is 2.70. The molecule has 0 heterocycles. The van der Waals surface area contributed by atoms with E-state index in [1.54, 1.807) is 38.1 Å². The van der Waals surface area contributed by atoms with Crippen LogP contribution in [-0.4, -0.2) is 25.6 Å². The van der Waals surface area contributed by atoms with Gasteiger partial charge in [-0.1, -0.05) is 35.4 Å². The third-order valence-electron chi connectivity index (χ3n) is 4.10. The molecule has 3 aromatic carbocycles.